The number of carbonyl (C=O) groups excluding carboxylic acids is 1. The Hall–Kier alpha value is -3.00. The zero-order valence-electron chi connectivity index (χ0n) is 14.0. The zero-order chi connectivity index (χ0) is 18.7. The van der Waals surface area contributed by atoms with Gasteiger partial charge in [0.1, 0.15) is 23.4 Å². The van der Waals surface area contributed by atoms with Crippen LogP contribution in [0.1, 0.15) is 24.2 Å². The topological polar surface area (TPSA) is 81.9 Å². The van der Waals surface area contributed by atoms with E-state index in [1.54, 1.807) is 6.07 Å². The van der Waals surface area contributed by atoms with Crippen molar-refractivity contribution < 1.29 is 13.9 Å². The highest BCUT2D eigenvalue weighted by molar-refractivity contribution is 6.32. The summed E-state index contributed by atoms with van der Waals surface area (Å²) in [6.45, 7) is 3.69. The van der Waals surface area contributed by atoms with Crippen LogP contribution in [-0.4, -0.2) is 31.8 Å². The third-order valence-corrected chi connectivity index (χ3v) is 3.56. The number of nitrogens with zero attached hydrogens (tertiary/aromatic N) is 4. The van der Waals surface area contributed by atoms with Gasteiger partial charge in [0.2, 0.25) is 5.88 Å². The zero-order valence-corrected chi connectivity index (χ0v) is 14.7. The first-order valence-corrected chi connectivity index (χ1v) is 8.10. The highest BCUT2D eigenvalue weighted by Gasteiger charge is 2.13. The van der Waals surface area contributed by atoms with Gasteiger partial charge in [0.25, 0.3) is 5.91 Å². The van der Waals surface area contributed by atoms with Crippen LogP contribution in [0.3, 0.4) is 0 Å². The van der Waals surface area contributed by atoms with Crippen molar-refractivity contribution in [2.24, 2.45) is 0 Å². The minimum Gasteiger partial charge on any atom is -0.474 e. The second-order valence-corrected chi connectivity index (χ2v) is 6.05. The summed E-state index contributed by atoms with van der Waals surface area (Å²) in [6.07, 6.45) is 3.94. The van der Waals surface area contributed by atoms with Gasteiger partial charge in [0.05, 0.1) is 11.7 Å². The van der Waals surface area contributed by atoms with E-state index in [0.717, 1.165) is 0 Å². The lowest BCUT2D eigenvalue weighted by Gasteiger charge is -2.11. The van der Waals surface area contributed by atoms with E-state index >= 15 is 0 Å². The fourth-order valence-electron chi connectivity index (χ4n) is 2.17. The summed E-state index contributed by atoms with van der Waals surface area (Å²) in [5, 5.41) is 6.68. The van der Waals surface area contributed by atoms with E-state index in [1.165, 1.54) is 41.7 Å². The van der Waals surface area contributed by atoms with E-state index in [4.69, 9.17) is 16.3 Å². The Morgan fingerprint density at radius 2 is 2.15 bits per heavy atom. The predicted octanol–water partition coefficient (Wildman–Crippen LogP) is 3.49. The van der Waals surface area contributed by atoms with Gasteiger partial charge in [-0.05, 0) is 38.1 Å². The summed E-state index contributed by atoms with van der Waals surface area (Å²) in [4.78, 5) is 20.1. The molecule has 0 radical (unpaired) electrons. The molecule has 0 aliphatic heterocycles. The molecule has 2 aromatic heterocycles. The number of hydrogen-bond acceptors (Lipinski definition) is 5. The maximum absolute atomic E-state index is 14.2. The first-order valence-electron chi connectivity index (χ1n) is 7.72. The van der Waals surface area contributed by atoms with Crippen LogP contribution in [0.25, 0.3) is 5.69 Å². The Morgan fingerprint density at radius 3 is 2.77 bits per heavy atom. The molecule has 0 unspecified atom stereocenters. The van der Waals surface area contributed by atoms with Gasteiger partial charge in [-0.2, -0.15) is 5.10 Å². The van der Waals surface area contributed by atoms with Crippen LogP contribution in [0, 0.1) is 5.82 Å². The molecule has 0 aliphatic rings. The van der Waals surface area contributed by atoms with Crippen molar-refractivity contribution in [3.05, 3.63) is 59.5 Å². The van der Waals surface area contributed by atoms with Crippen molar-refractivity contribution in [3.63, 3.8) is 0 Å². The highest BCUT2D eigenvalue weighted by Crippen LogP contribution is 2.24. The normalized spacial score (nSPS) is 10.8. The molecule has 0 saturated carbocycles. The van der Waals surface area contributed by atoms with Gasteiger partial charge < -0.3 is 10.1 Å². The average Bonchev–Trinajstić information content (AvgIpc) is 3.10. The number of amides is 1. The Morgan fingerprint density at radius 1 is 1.35 bits per heavy atom. The lowest BCUT2D eigenvalue weighted by molar-refractivity contribution is 0.102. The molecule has 26 heavy (non-hydrogen) atoms. The van der Waals surface area contributed by atoms with E-state index in [2.05, 4.69) is 20.4 Å². The van der Waals surface area contributed by atoms with Gasteiger partial charge >= 0.3 is 0 Å². The molecule has 134 valence electrons. The van der Waals surface area contributed by atoms with Crippen LogP contribution in [-0.2, 0) is 0 Å². The van der Waals surface area contributed by atoms with Gasteiger partial charge in [-0.3, -0.25) is 4.79 Å². The molecule has 0 bridgehead atoms. The molecule has 0 atom stereocenters. The van der Waals surface area contributed by atoms with Crippen molar-refractivity contribution >= 4 is 23.2 Å². The number of nitrogens with one attached hydrogen (secondary N) is 1. The Balaban J connectivity index is 1.76. The number of anilines is 1. The molecule has 7 nitrogen and oxygen atoms in total. The Kier molecular flexibility index (Phi) is 5.13. The van der Waals surface area contributed by atoms with Crippen molar-refractivity contribution in [3.8, 4) is 11.6 Å². The SMILES string of the molecule is CC(C)Oc1ncc(C(=O)Nc2ccc(-n3cncn3)c(F)c2)cc1Cl. The van der Waals surface area contributed by atoms with Crippen LogP contribution in [0.5, 0.6) is 5.88 Å². The largest absolute Gasteiger partial charge is 0.474 e. The number of halogens is 2. The predicted molar refractivity (Wildman–Crippen MR) is 94.3 cm³/mol. The smallest absolute Gasteiger partial charge is 0.257 e. The summed E-state index contributed by atoms with van der Waals surface area (Å²) >= 11 is 6.08. The van der Waals surface area contributed by atoms with E-state index in [0.29, 0.717) is 0 Å². The lowest BCUT2D eigenvalue weighted by Crippen LogP contribution is -2.14. The quantitative estimate of drug-likeness (QED) is 0.738. The maximum atomic E-state index is 14.2. The number of hydrogen-bond donors (Lipinski definition) is 1. The van der Waals surface area contributed by atoms with Crippen LogP contribution in [0.2, 0.25) is 5.02 Å². The first-order chi connectivity index (χ1) is 12.4. The summed E-state index contributed by atoms with van der Waals surface area (Å²) < 4.78 is 20.9. The van der Waals surface area contributed by atoms with Crippen molar-refractivity contribution in [1.29, 1.82) is 0 Å². The molecular formula is C17H15ClFN5O2. The standard InChI is InChI=1S/C17H15ClFN5O2/c1-10(2)26-17-13(18)5-11(7-21-17)16(25)23-12-3-4-15(14(19)6-12)24-9-20-8-22-24/h3-10H,1-2H3,(H,23,25). The third-order valence-electron chi connectivity index (χ3n) is 3.29. The number of aromatic nitrogens is 4. The second-order valence-electron chi connectivity index (χ2n) is 5.64. The summed E-state index contributed by atoms with van der Waals surface area (Å²) in [5.41, 5.74) is 0.738. The van der Waals surface area contributed by atoms with E-state index in [-0.39, 0.29) is 33.9 Å². The Bertz CT molecular complexity index is 931. The van der Waals surface area contributed by atoms with E-state index in [9.17, 15) is 9.18 Å². The first kappa shape index (κ1) is 17.8. The van der Waals surface area contributed by atoms with Crippen LogP contribution in [0.4, 0.5) is 10.1 Å². The molecule has 9 heteroatoms. The third kappa shape index (κ3) is 3.97. The second kappa shape index (κ2) is 7.49. The average molecular weight is 376 g/mol. The molecule has 1 amide bonds. The fourth-order valence-corrected chi connectivity index (χ4v) is 2.38. The number of benzene rings is 1. The van der Waals surface area contributed by atoms with Crippen molar-refractivity contribution in [1.82, 2.24) is 19.7 Å². The monoisotopic (exact) mass is 375 g/mol. The Labute approximate surface area is 153 Å². The maximum Gasteiger partial charge on any atom is 0.257 e. The van der Waals surface area contributed by atoms with Gasteiger partial charge in [-0.1, -0.05) is 11.6 Å². The molecule has 2 heterocycles. The van der Waals surface area contributed by atoms with Crippen LogP contribution >= 0.6 is 11.6 Å². The molecule has 1 N–H and O–H groups in total. The van der Waals surface area contributed by atoms with Crippen LogP contribution in [0.15, 0.2) is 43.1 Å². The van der Waals surface area contributed by atoms with Crippen LogP contribution < -0.4 is 10.1 Å². The summed E-state index contributed by atoms with van der Waals surface area (Å²) in [6, 6.07) is 5.69. The number of pyridine rings is 1. The number of carbonyl (C=O) groups is 1. The molecule has 3 rings (SSSR count). The molecule has 1 aromatic carbocycles. The minimum absolute atomic E-state index is 0.0915. The molecule has 0 aliphatic carbocycles. The molecule has 3 aromatic rings. The number of rotatable bonds is 5. The van der Waals surface area contributed by atoms with Gasteiger partial charge in [0.15, 0.2) is 5.82 Å². The van der Waals surface area contributed by atoms with E-state index < -0.39 is 11.7 Å². The van der Waals surface area contributed by atoms with Gasteiger partial charge in [-0.15, -0.1) is 0 Å². The molecule has 0 spiro atoms. The fraction of sp³-hybridized carbons (Fsp3) is 0.176. The minimum atomic E-state index is -0.551. The summed E-state index contributed by atoms with van der Waals surface area (Å²) in [7, 11) is 0. The lowest BCUT2D eigenvalue weighted by atomic mass is 10.2. The highest BCUT2D eigenvalue weighted by atomic mass is 35.5. The number of ether oxygens (including phenoxy) is 1. The van der Waals surface area contributed by atoms with Crippen molar-refractivity contribution in [2.45, 2.75) is 20.0 Å². The molecule has 0 fully saturated rings. The van der Waals surface area contributed by atoms with Gasteiger partial charge in [0, 0.05) is 11.9 Å². The summed E-state index contributed by atoms with van der Waals surface area (Å²) in [5.74, 6) is -0.769. The van der Waals surface area contributed by atoms with Gasteiger partial charge in [-0.25, -0.2) is 19.0 Å². The molecule has 0 saturated heterocycles. The van der Waals surface area contributed by atoms with Crippen molar-refractivity contribution in [2.75, 3.05) is 5.32 Å². The molecular weight excluding hydrogens is 361 g/mol. The van der Waals surface area contributed by atoms with E-state index in [1.807, 2.05) is 13.8 Å².